The van der Waals surface area contributed by atoms with E-state index < -0.39 is 0 Å². The van der Waals surface area contributed by atoms with Crippen LogP contribution in [-0.4, -0.2) is 15.0 Å². The summed E-state index contributed by atoms with van der Waals surface area (Å²) in [6, 6.07) is 3.68. The summed E-state index contributed by atoms with van der Waals surface area (Å²) in [5.74, 6) is 1.18. The molecule has 0 aliphatic rings. The Bertz CT molecular complexity index is 488. The lowest BCUT2D eigenvalue weighted by molar-refractivity contribution is 1.07. The third-order valence-electron chi connectivity index (χ3n) is 2.40. The molecule has 0 saturated carbocycles. The third-order valence-corrected chi connectivity index (χ3v) is 2.40. The zero-order valence-corrected chi connectivity index (χ0v) is 9.44. The molecule has 0 amide bonds. The van der Waals surface area contributed by atoms with Crippen molar-refractivity contribution in [3.63, 3.8) is 0 Å². The van der Waals surface area contributed by atoms with Crippen LogP contribution in [0.3, 0.4) is 0 Å². The van der Waals surface area contributed by atoms with Gasteiger partial charge in [-0.2, -0.15) is 0 Å². The molecule has 0 bridgehead atoms. The number of hydrogen-bond donors (Lipinski definition) is 1. The molecule has 2 N–H and O–H groups in total. The minimum absolute atomic E-state index is 0.501. The van der Waals surface area contributed by atoms with E-state index in [1.807, 2.05) is 19.2 Å². The lowest BCUT2D eigenvalue weighted by Crippen LogP contribution is -1.99. The van der Waals surface area contributed by atoms with Gasteiger partial charge in [0.05, 0.1) is 0 Å². The first-order chi connectivity index (χ1) is 7.70. The van der Waals surface area contributed by atoms with Gasteiger partial charge in [-0.3, -0.25) is 4.98 Å². The standard InChI is InChI=1S/C12H14N4/c1-3-9-7-14-5-4-10(9)12-15-8(2)6-11(13)16-12/h4-7H,3H2,1-2H3,(H2,13,15,16). The molecule has 82 valence electrons. The van der Waals surface area contributed by atoms with Gasteiger partial charge in [0, 0.05) is 29.7 Å². The molecule has 2 aromatic rings. The fourth-order valence-electron chi connectivity index (χ4n) is 1.64. The van der Waals surface area contributed by atoms with Crippen molar-refractivity contribution in [2.45, 2.75) is 20.3 Å². The smallest absolute Gasteiger partial charge is 0.162 e. The highest BCUT2D eigenvalue weighted by atomic mass is 14.9. The van der Waals surface area contributed by atoms with Crippen LogP contribution in [0.25, 0.3) is 11.4 Å². The molecule has 0 radical (unpaired) electrons. The second-order valence-electron chi connectivity index (χ2n) is 3.64. The number of pyridine rings is 1. The van der Waals surface area contributed by atoms with Crippen LogP contribution in [0.4, 0.5) is 5.82 Å². The highest BCUT2D eigenvalue weighted by Gasteiger charge is 2.07. The van der Waals surface area contributed by atoms with Gasteiger partial charge < -0.3 is 5.73 Å². The van der Waals surface area contributed by atoms with E-state index in [0.29, 0.717) is 11.6 Å². The zero-order valence-electron chi connectivity index (χ0n) is 9.44. The molecular formula is C12H14N4. The van der Waals surface area contributed by atoms with Crippen molar-refractivity contribution in [2.75, 3.05) is 5.73 Å². The second kappa shape index (κ2) is 4.26. The summed E-state index contributed by atoms with van der Waals surface area (Å²) >= 11 is 0. The molecule has 0 fully saturated rings. The first-order valence-electron chi connectivity index (χ1n) is 5.25. The molecule has 0 spiro atoms. The number of aryl methyl sites for hydroxylation is 2. The Kier molecular flexibility index (Phi) is 2.81. The SMILES string of the molecule is CCc1cnccc1-c1nc(C)cc(N)n1. The molecule has 0 unspecified atom stereocenters. The van der Waals surface area contributed by atoms with Crippen LogP contribution in [0.5, 0.6) is 0 Å². The van der Waals surface area contributed by atoms with Crippen LogP contribution in [0.1, 0.15) is 18.2 Å². The summed E-state index contributed by atoms with van der Waals surface area (Å²) in [6.45, 7) is 3.99. The summed E-state index contributed by atoms with van der Waals surface area (Å²) < 4.78 is 0. The van der Waals surface area contributed by atoms with Crippen molar-refractivity contribution < 1.29 is 0 Å². The molecular weight excluding hydrogens is 200 g/mol. The Morgan fingerprint density at radius 2 is 2.12 bits per heavy atom. The fourth-order valence-corrected chi connectivity index (χ4v) is 1.64. The van der Waals surface area contributed by atoms with Crippen molar-refractivity contribution in [2.24, 2.45) is 0 Å². The lowest BCUT2D eigenvalue weighted by atomic mass is 10.1. The number of nitrogens with two attached hydrogens (primary N) is 1. The van der Waals surface area contributed by atoms with E-state index in [-0.39, 0.29) is 0 Å². The molecule has 16 heavy (non-hydrogen) atoms. The normalized spacial score (nSPS) is 10.4. The van der Waals surface area contributed by atoms with Crippen molar-refractivity contribution in [1.29, 1.82) is 0 Å². The molecule has 0 aliphatic heterocycles. The number of aromatic nitrogens is 3. The maximum absolute atomic E-state index is 5.72. The van der Waals surface area contributed by atoms with E-state index >= 15 is 0 Å². The largest absolute Gasteiger partial charge is 0.384 e. The summed E-state index contributed by atoms with van der Waals surface area (Å²) in [5.41, 5.74) is 8.74. The minimum Gasteiger partial charge on any atom is -0.384 e. The number of nitrogens with zero attached hydrogens (tertiary/aromatic N) is 3. The van der Waals surface area contributed by atoms with Gasteiger partial charge in [0.2, 0.25) is 0 Å². The maximum atomic E-state index is 5.72. The maximum Gasteiger partial charge on any atom is 0.162 e. The highest BCUT2D eigenvalue weighted by molar-refractivity contribution is 5.60. The van der Waals surface area contributed by atoms with Gasteiger partial charge in [-0.05, 0) is 25.0 Å². The molecule has 0 aromatic carbocycles. The van der Waals surface area contributed by atoms with E-state index in [4.69, 9.17) is 5.73 Å². The molecule has 0 saturated heterocycles. The Balaban J connectivity index is 2.58. The van der Waals surface area contributed by atoms with Crippen LogP contribution in [0, 0.1) is 6.92 Å². The molecule has 0 aliphatic carbocycles. The monoisotopic (exact) mass is 214 g/mol. The van der Waals surface area contributed by atoms with Gasteiger partial charge in [-0.25, -0.2) is 9.97 Å². The van der Waals surface area contributed by atoms with Crippen LogP contribution < -0.4 is 5.73 Å². The Morgan fingerprint density at radius 3 is 2.81 bits per heavy atom. The van der Waals surface area contributed by atoms with E-state index in [1.165, 1.54) is 0 Å². The molecule has 2 heterocycles. The average Bonchev–Trinajstić information content (AvgIpc) is 2.27. The van der Waals surface area contributed by atoms with Crippen LogP contribution >= 0.6 is 0 Å². The van der Waals surface area contributed by atoms with Crippen molar-refractivity contribution in [3.8, 4) is 11.4 Å². The fraction of sp³-hybridized carbons (Fsp3) is 0.250. The van der Waals surface area contributed by atoms with E-state index in [2.05, 4.69) is 21.9 Å². The van der Waals surface area contributed by atoms with Gasteiger partial charge in [0.15, 0.2) is 5.82 Å². The Labute approximate surface area is 94.6 Å². The second-order valence-corrected chi connectivity index (χ2v) is 3.64. The Hall–Kier alpha value is -1.97. The predicted octanol–water partition coefficient (Wildman–Crippen LogP) is 1.99. The Morgan fingerprint density at radius 1 is 1.31 bits per heavy atom. The van der Waals surface area contributed by atoms with Gasteiger partial charge in [0.1, 0.15) is 5.82 Å². The van der Waals surface area contributed by atoms with Gasteiger partial charge in [-0.1, -0.05) is 6.92 Å². The van der Waals surface area contributed by atoms with Gasteiger partial charge >= 0.3 is 0 Å². The number of nitrogen functional groups attached to an aromatic ring is 1. The van der Waals surface area contributed by atoms with Crippen molar-refractivity contribution in [1.82, 2.24) is 15.0 Å². The summed E-state index contributed by atoms with van der Waals surface area (Å²) in [6.07, 6.45) is 4.49. The lowest BCUT2D eigenvalue weighted by Gasteiger charge is -2.06. The van der Waals surface area contributed by atoms with Gasteiger partial charge in [-0.15, -0.1) is 0 Å². The first kappa shape index (κ1) is 10.5. The summed E-state index contributed by atoms with van der Waals surface area (Å²) in [5, 5.41) is 0. The van der Waals surface area contributed by atoms with Crippen molar-refractivity contribution in [3.05, 3.63) is 35.8 Å². The first-order valence-corrected chi connectivity index (χ1v) is 5.25. The van der Waals surface area contributed by atoms with E-state index in [9.17, 15) is 0 Å². The molecule has 4 nitrogen and oxygen atoms in total. The molecule has 2 rings (SSSR count). The topological polar surface area (TPSA) is 64.7 Å². The number of hydrogen-bond acceptors (Lipinski definition) is 4. The average molecular weight is 214 g/mol. The summed E-state index contributed by atoms with van der Waals surface area (Å²) in [7, 11) is 0. The van der Waals surface area contributed by atoms with Crippen LogP contribution in [0.15, 0.2) is 24.5 Å². The number of rotatable bonds is 2. The van der Waals surface area contributed by atoms with Crippen LogP contribution in [-0.2, 0) is 6.42 Å². The van der Waals surface area contributed by atoms with Gasteiger partial charge in [0.25, 0.3) is 0 Å². The molecule has 4 heteroatoms. The van der Waals surface area contributed by atoms with E-state index in [0.717, 1.165) is 23.2 Å². The quantitative estimate of drug-likeness (QED) is 0.830. The zero-order chi connectivity index (χ0) is 11.5. The van der Waals surface area contributed by atoms with Crippen LogP contribution in [0.2, 0.25) is 0 Å². The van der Waals surface area contributed by atoms with E-state index in [1.54, 1.807) is 12.3 Å². The summed E-state index contributed by atoms with van der Waals surface area (Å²) in [4.78, 5) is 12.7. The minimum atomic E-state index is 0.501. The third kappa shape index (κ3) is 2.00. The number of anilines is 1. The molecule has 0 atom stereocenters. The highest BCUT2D eigenvalue weighted by Crippen LogP contribution is 2.20. The molecule has 2 aromatic heterocycles. The predicted molar refractivity (Wildman–Crippen MR) is 63.8 cm³/mol. The van der Waals surface area contributed by atoms with Crippen molar-refractivity contribution >= 4 is 5.82 Å².